The quantitative estimate of drug-likeness (QED) is 0.575. The summed E-state index contributed by atoms with van der Waals surface area (Å²) in [7, 11) is 0. The molecule has 0 N–H and O–H groups in total. The number of hydrogen-bond donors (Lipinski definition) is 0. The lowest BCUT2D eigenvalue weighted by Gasteiger charge is -2.27. The van der Waals surface area contributed by atoms with Crippen molar-refractivity contribution in [3.05, 3.63) is 64.1 Å². The average molecular weight is 422 g/mol. The second kappa shape index (κ2) is 8.62. The van der Waals surface area contributed by atoms with Gasteiger partial charge in [0.2, 0.25) is 0 Å². The molecule has 6 heteroatoms. The molecule has 150 valence electrons. The largest absolute Gasteiger partial charge is 0.485 e. The van der Waals surface area contributed by atoms with Crippen LogP contribution in [0.5, 0.6) is 5.75 Å². The number of benzene rings is 2. The smallest absolute Gasteiger partial charge is 0.410 e. The first-order valence-electron chi connectivity index (χ1n) is 9.37. The summed E-state index contributed by atoms with van der Waals surface area (Å²) in [4.78, 5) is 14.2. The van der Waals surface area contributed by atoms with Crippen molar-refractivity contribution in [2.75, 3.05) is 13.1 Å². The van der Waals surface area contributed by atoms with Crippen molar-refractivity contribution in [3.8, 4) is 5.75 Å². The van der Waals surface area contributed by atoms with Gasteiger partial charge >= 0.3 is 6.09 Å². The van der Waals surface area contributed by atoms with Crippen LogP contribution in [0.4, 0.5) is 4.79 Å². The molecule has 1 amide bonds. The standard InChI is InChI=1S/C22H25Cl2NO3/c1-22(2,3)28-21(26)25-10-9-16(14-25)20(15-7-5-4-6-8-15)27-19-12-17(23)11-18(24)13-19/h4-8,11-13,16,20H,9-10,14H2,1-3H3/t16-,20?/m1/s1. The minimum absolute atomic E-state index is 0.132. The first kappa shape index (κ1) is 20.8. The van der Waals surface area contributed by atoms with Crippen LogP contribution in [0.15, 0.2) is 48.5 Å². The van der Waals surface area contributed by atoms with Crippen molar-refractivity contribution in [1.82, 2.24) is 4.90 Å². The van der Waals surface area contributed by atoms with Gasteiger partial charge < -0.3 is 14.4 Å². The van der Waals surface area contributed by atoms with E-state index in [0.717, 1.165) is 12.0 Å². The third-order valence-electron chi connectivity index (χ3n) is 4.53. The van der Waals surface area contributed by atoms with Crippen molar-refractivity contribution in [2.45, 2.75) is 38.9 Å². The molecular weight excluding hydrogens is 397 g/mol. The van der Waals surface area contributed by atoms with Crippen molar-refractivity contribution < 1.29 is 14.3 Å². The number of amides is 1. The van der Waals surface area contributed by atoms with Gasteiger partial charge in [0.1, 0.15) is 17.5 Å². The molecule has 1 aliphatic heterocycles. The van der Waals surface area contributed by atoms with E-state index in [1.807, 2.05) is 51.1 Å². The number of carbonyl (C=O) groups excluding carboxylic acids is 1. The van der Waals surface area contributed by atoms with Gasteiger partial charge in [-0.05, 0) is 51.0 Å². The van der Waals surface area contributed by atoms with Crippen molar-refractivity contribution in [1.29, 1.82) is 0 Å². The summed E-state index contributed by atoms with van der Waals surface area (Å²) in [6, 6.07) is 15.2. The van der Waals surface area contributed by atoms with Gasteiger partial charge in [0.05, 0.1) is 0 Å². The van der Waals surface area contributed by atoms with Crippen molar-refractivity contribution in [3.63, 3.8) is 0 Å². The molecule has 0 radical (unpaired) electrons. The number of likely N-dealkylation sites (tertiary alicyclic amines) is 1. The Morgan fingerprint density at radius 1 is 1.11 bits per heavy atom. The molecule has 1 fully saturated rings. The normalized spacial score (nSPS) is 18.0. The van der Waals surface area contributed by atoms with Crippen LogP contribution in [0, 0.1) is 5.92 Å². The molecule has 3 rings (SSSR count). The molecule has 0 aromatic heterocycles. The van der Waals surface area contributed by atoms with Gasteiger partial charge in [-0.3, -0.25) is 0 Å². The van der Waals surface area contributed by atoms with Crippen LogP contribution in [0.25, 0.3) is 0 Å². The zero-order chi connectivity index (χ0) is 20.3. The molecule has 28 heavy (non-hydrogen) atoms. The predicted molar refractivity (Wildman–Crippen MR) is 112 cm³/mol. The summed E-state index contributed by atoms with van der Waals surface area (Å²) in [6.07, 6.45) is 0.323. The predicted octanol–water partition coefficient (Wildman–Crippen LogP) is 6.37. The molecule has 4 nitrogen and oxygen atoms in total. The van der Waals surface area contributed by atoms with Crippen LogP contribution in [0.1, 0.15) is 38.9 Å². The molecule has 1 heterocycles. The Morgan fingerprint density at radius 2 is 1.75 bits per heavy atom. The van der Waals surface area contributed by atoms with E-state index in [2.05, 4.69) is 0 Å². The minimum Gasteiger partial charge on any atom is -0.485 e. The summed E-state index contributed by atoms with van der Waals surface area (Å²) < 4.78 is 11.8. The fourth-order valence-corrected chi connectivity index (χ4v) is 3.86. The number of carbonyl (C=O) groups is 1. The van der Waals surface area contributed by atoms with Gasteiger partial charge in [0.25, 0.3) is 0 Å². The van der Waals surface area contributed by atoms with Gasteiger partial charge in [0, 0.05) is 29.1 Å². The highest BCUT2D eigenvalue weighted by atomic mass is 35.5. The highest BCUT2D eigenvalue weighted by molar-refractivity contribution is 6.34. The van der Waals surface area contributed by atoms with Crippen molar-refractivity contribution in [2.24, 2.45) is 5.92 Å². The number of nitrogens with zero attached hydrogens (tertiary/aromatic N) is 1. The van der Waals surface area contributed by atoms with Gasteiger partial charge in [-0.25, -0.2) is 4.79 Å². The van der Waals surface area contributed by atoms with Crippen LogP contribution in [0.2, 0.25) is 10.0 Å². The number of halogens is 2. The Hall–Kier alpha value is -1.91. The summed E-state index contributed by atoms with van der Waals surface area (Å²) in [5.74, 6) is 0.745. The van der Waals surface area contributed by atoms with E-state index in [1.165, 1.54) is 0 Å². The highest BCUT2D eigenvalue weighted by Crippen LogP contribution is 2.36. The Morgan fingerprint density at radius 3 is 2.36 bits per heavy atom. The second-order valence-corrected chi connectivity index (χ2v) is 8.90. The third-order valence-corrected chi connectivity index (χ3v) is 4.97. The third kappa shape index (κ3) is 5.55. The maximum Gasteiger partial charge on any atom is 0.410 e. The van der Waals surface area contributed by atoms with Crippen LogP contribution in [0.3, 0.4) is 0 Å². The lowest BCUT2D eigenvalue weighted by Crippen LogP contribution is -2.36. The first-order chi connectivity index (χ1) is 13.2. The molecule has 0 saturated carbocycles. The van der Waals surface area contributed by atoms with E-state index in [0.29, 0.717) is 28.9 Å². The maximum atomic E-state index is 12.4. The van der Waals surface area contributed by atoms with E-state index in [4.69, 9.17) is 32.7 Å². The Bertz CT molecular complexity index is 800. The van der Waals surface area contributed by atoms with Gasteiger partial charge in [-0.1, -0.05) is 53.5 Å². The van der Waals surface area contributed by atoms with E-state index < -0.39 is 5.60 Å². The summed E-state index contributed by atoms with van der Waals surface area (Å²) in [5.41, 5.74) is 0.539. The van der Waals surface area contributed by atoms with E-state index >= 15 is 0 Å². The fourth-order valence-electron chi connectivity index (χ4n) is 3.35. The Balaban J connectivity index is 1.79. The lowest BCUT2D eigenvalue weighted by atomic mass is 9.95. The van der Waals surface area contributed by atoms with Gasteiger partial charge in [-0.2, -0.15) is 0 Å². The number of ether oxygens (including phenoxy) is 2. The minimum atomic E-state index is -0.512. The molecule has 0 bridgehead atoms. The number of hydrogen-bond acceptors (Lipinski definition) is 3. The molecule has 2 aromatic rings. The zero-order valence-electron chi connectivity index (χ0n) is 16.3. The maximum absolute atomic E-state index is 12.4. The molecule has 0 aliphatic carbocycles. The van der Waals surface area contributed by atoms with Crippen LogP contribution >= 0.6 is 23.2 Å². The number of rotatable bonds is 4. The molecule has 0 spiro atoms. The van der Waals surface area contributed by atoms with E-state index in [-0.39, 0.29) is 18.1 Å². The van der Waals surface area contributed by atoms with Crippen LogP contribution < -0.4 is 4.74 Å². The summed E-state index contributed by atoms with van der Waals surface area (Å²) in [5, 5.41) is 1.05. The van der Waals surface area contributed by atoms with Gasteiger partial charge in [0.15, 0.2) is 0 Å². The molecule has 1 saturated heterocycles. The van der Waals surface area contributed by atoms with Gasteiger partial charge in [-0.15, -0.1) is 0 Å². The molecule has 2 atom stereocenters. The highest BCUT2D eigenvalue weighted by Gasteiger charge is 2.36. The summed E-state index contributed by atoms with van der Waals surface area (Å²) in [6.45, 7) is 6.83. The zero-order valence-corrected chi connectivity index (χ0v) is 17.8. The van der Waals surface area contributed by atoms with Crippen molar-refractivity contribution >= 4 is 29.3 Å². The lowest BCUT2D eigenvalue weighted by molar-refractivity contribution is 0.0273. The average Bonchev–Trinajstić information content (AvgIpc) is 3.08. The fraction of sp³-hybridized carbons (Fsp3) is 0.409. The molecule has 1 aliphatic rings. The molecule has 1 unspecified atom stereocenters. The summed E-state index contributed by atoms with van der Waals surface area (Å²) >= 11 is 12.3. The first-order valence-corrected chi connectivity index (χ1v) is 10.1. The van der Waals surface area contributed by atoms with Crippen LogP contribution in [-0.2, 0) is 4.74 Å². The molecule has 2 aromatic carbocycles. The Labute approximate surface area is 176 Å². The van der Waals surface area contributed by atoms with Crippen LogP contribution in [-0.4, -0.2) is 29.7 Å². The molecular formula is C22H25Cl2NO3. The topological polar surface area (TPSA) is 38.8 Å². The van der Waals surface area contributed by atoms with E-state index in [1.54, 1.807) is 23.1 Å². The Kier molecular flexibility index (Phi) is 6.41. The monoisotopic (exact) mass is 421 g/mol. The SMILES string of the molecule is CC(C)(C)OC(=O)N1CC[C@@H](C(Oc2cc(Cl)cc(Cl)c2)c2ccccc2)C1. The second-order valence-electron chi connectivity index (χ2n) is 8.03. The van der Waals surface area contributed by atoms with E-state index in [9.17, 15) is 4.79 Å².